The highest BCUT2D eigenvalue weighted by Gasteiger charge is 2.52. The van der Waals surface area contributed by atoms with Gasteiger partial charge < -0.3 is 24.3 Å². The Morgan fingerprint density at radius 3 is 2.65 bits per heavy atom. The lowest BCUT2D eigenvalue weighted by Crippen LogP contribution is -2.37. The molecule has 3 aromatic rings. The molecule has 180 valence electrons. The van der Waals surface area contributed by atoms with Gasteiger partial charge >= 0.3 is 0 Å². The summed E-state index contributed by atoms with van der Waals surface area (Å²) in [4.78, 5) is 8.74. The predicted molar refractivity (Wildman–Crippen MR) is 131 cm³/mol. The van der Waals surface area contributed by atoms with Crippen molar-refractivity contribution in [2.24, 2.45) is 0 Å². The van der Waals surface area contributed by atoms with Crippen LogP contribution in [0.5, 0.6) is 11.5 Å². The van der Waals surface area contributed by atoms with Crippen molar-refractivity contribution in [2.75, 3.05) is 31.9 Å². The van der Waals surface area contributed by atoms with E-state index >= 15 is 0 Å². The second-order valence-corrected chi connectivity index (χ2v) is 11.6. The summed E-state index contributed by atoms with van der Waals surface area (Å²) < 4.78 is 48.1. The Morgan fingerprint density at radius 1 is 1.12 bits per heavy atom. The van der Waals surface area contributed by atoms with Gasteiger partial charge in [-0.25, -0.2) is 18.4 Å². The lowest BCUT2D eigenvalue weighted by molar-refractivity contribution is 0.0299. The third kappa shape index (κ3) is 4.42. The number of nitrogens with one attached hydrogen (secondary N) is 1. The third-order valence-corrected chi connectivity index (χ3v) is 8.63. The Labute approximate surface area is 209 Å². The summed E-state index contributed by atoms with van der Waals surface area (Å²) in [5.74, 6) is 1.50. The Bertz CT molecular complexity index is 1360. The van der Waals surface area contributed by atoms with Gasteiger partial charge in [0.25, 0.3) is 0 Å². The molecule has 34 heavy (non-hydrogen) atoms. The summed E-state index contributed by atoms with van der Waals surface area (Å²) in [7, 11) is -1.75. The monoisotopic (exact) mass is 569 g/mol. The number of nitrogens with zero attached hydrogens (tertiary/aromatic N) is 2. The number of benzene rings is 2. The Morgan fingerprint density at radius 2 is 1.91 bits per heavy atom. The first-order chi connectivity index (χ1) is 16.2. The number of anilines is 2. The summed E-state index contributed by atoms with van der Waals surface area (Å²) in [6.07, 6.45) is 1.13. The van der Waals surface area contributed by atoms with Gasteiger partial charge in [0.1, 0.15) is 29.6 Å². The fourth-order valence-corrected chi connectivity index (χ4v) is 5.66. The van der Waals surface area contributed by atoms with Crippen LogP contribution in [-0.2, 0) is 19.3 Å². The zero-order valence-electron chi connectivity index (χ0n) is 18.2. The van der Waals surface area contributed by atoms with Crippen LogP contribution in [0.1, 0.15) is 0 Å². The zero-order chi connectivity index (χ0) is 24.0. The molecule has 0 amide bonds. The summed E-state index contributed by atoms with van der Waals surface area (Å²) >= 11 is 9.59. The predicted octanol–water partition coefficient (Wildman–Crippen LogP) is 3.76. The summed E-state index contributed by atoms with van der Waals surface area (Å²) in [6.45, 7) is 0.300. The molecule has 1 unspecified atom stereocenters. The van der Waals surface area contributed by atoms with Crippen molar-refractivity contribution in [1.82, 2.24) is 9.97 Å². The van der Waals surface area contributed by atoms with Crippen LogP contribution >= 0.6 is 27.5 Å². The Hall–Kier alpha value is -2.18. The molecule has 1 N–H and O–H groups in total. The van der Waals surface area contributed by atoms with Gasteiger partial charge in [-0.05, 0) is 40.2 Å². The van der Waals surface area contributed by atoms with Gasteiger partial charge in [-0.2, -0.15) is 0 Å². The fraction of sp³-hybridized carbons (Fsp3) is 0.364. The van der Waals surface area contributed by atoms with E-state index in [1.807, 2.05) is 12.1 Å². The second-order valence-electron chi connectivity index (χ2n) is 8.12. The molecule has 0 aliphatic carbocycles. The highest BCUT2D eigenvalue weighted by Crippen LogP contribution is 2.39. The summed E-state index contributed by atoms with van der Waals surface area (Å²) in [5.41, 5.74) is 1.40. The molecule has 2 aliphatic heterocycles. The molecule has 0 bridgehead atoms. The van der Waals surface area contributed by atoms with Crippen molar-refractivity contribution in [3.05, 3.63) is 46.2 Å². The topological polar surface area (TPSA) is 109 Å². The minimum atomic E-state index is -3.30. The fourth-order valence-electron chi connectivity index (χ4n) is 4.19. The highest BCUT2D eigenvalue weighted by atomic mass is 79.9. The van der Waals surface area contributed by atoms with E-state index in [2.05, 4.69) is 31.2 Å². The largest absolute Gasteiger partial charge is 0.493 e. The number of halogens is 2. The first-order valence-corrected chi connectivity index (χ1v) is 13.5. The number of fused-ring (bicyclic) bond motifs is 2. The van der Waals surface area contributed by atoms with Crippen LogP contribution in [0.15, 0.2) is 41.1 Å². The van der Waals surface area contributed by atoms with Crippen molar-refractivity contribution >= 4 is 59.8 Å². The molecule has 2 fully saturated rings. The van der Waals surface area contributed by atoms with Gasteiger partial charge in [0.05, 0.1) is 30.9 Å². The number of sulfone groups is 1. The van der Waals surface area contributed by atoms with Crippen molar-refractivity contribution in [2.45, 2.75) is 23.6 Å². The molecule has 0 saturated carbocycles. The lowest BCUT2D eigenvalue weighted by atomic mass is 10.1. The summed E-state index contributed by atoms with van der Waals surface area (Å²) in [5, 5.41) is 3.86. The Kier molecular flexibility index (Phi) is 6.32. The van der Waals surface area contributed by atoms with E-state index in [-0.39, 0.29) is 13.2 Å². The van der Waals surface area contributed by atoms with E-state index in [1.54, 1.807) is 25.3 Å². The van der Waals surface area contributed by atoms with Gasteiger partial charge in [0.15, 0.2) is 27.4 Å². The number of methoxy groups -OCH3 is 1. The number of ether oxygens (including phenoxy) is 4. The van der Waals surface area contributed by atoms with Crippen LogP contribution in [-0.4, -0.2) is 68.5 Å². The van der Waals surface area contributed by atoms with Crippen LogP contribution in [0.3, 0.4) is 0 Å². The molecular formula is C22H21BrClN3O6S. The molecular weight excluding hydrogens is 550 g/mol. The van der Waals surface area contributed by atoms with Crippen LogP contribution in [0.25, 0.3) is 10.9 Å². The van der Waals surface area contributed by atoms with Gasteiger partial charge in [0.2, 0.25) is 0 Å². The molecule has 2 saturated heterocycles. The van der Waals surface area contributed by atoms with Crippen LogP contribution < -0.4 is 14.8 Å². The van der Waals surface area contributed by atoms with E-state index in [9.17, 15) is 8.42 Å². The molecule has 9 nitrogen and oxygen atoms in total. The molecule has 1 aromatic heterocycles. The molecule has 3 heterocycles. The first kappa shape index (κ1) is 23.6. The number of hydrogen-bond donors (Lipinski definition) is 1. The zero-order valence-corrected chi connectivity index (χ0v) is 21.4. The maximum Gasteiger partial charge on any atom is 0.164 e. The maximum atomic E-state index is 12.0. The van der Waals surface area contributed by atoms with Crippen LogP contribution in [0, 0.1) is 0 Å². The average Bonchev–Trinajstić information content (AvgIpc) is 3.39. The average molecular weight is 571 g/mol. The van der Waals surface area contributed by atoms with E-state index in [4.69, 9.17) is 30.5 Å². The van der Waals surface area contributed by atoms with Crippen molar-refractivity contribution in [1.29, 1.82) is 0 Å². The smallest absolute Gasteiger partial charge is 0.164 e. The number of rotatable bonds is 6. The minimum Gasteiger partial charge on any atom is -0.493 e. The van der Waals surface area contributed by atoms with E-state index < -0.39 is 33.4 Å². The molecule has 0 spiro atoms. The quantitative estimate of drug-likeness (QED) is 0.474. The van der Waals surface area contributed by atoms with E-state index in [1.165, 1.54) is 12.6 Å². The molecule has 4 atom stereocenters. The normalized spacial score (nSPS) is 24.2. The van der Waals surface area contributed by atoms with Gasteiger partial charge in [-0.3, -0.25) is 0 Å². The third-order valence-electron chi connectivity index (χ3n) is 5.89. The van der Waals surface area contributed by atoms with E-state index in [0.29, 0.717) is 27.9 Å². The first-order valence-electron chi connectivity index (χ1n) is 10.4. The SMILES string of the molecule is COc1cc2c(Nc3ccc(Br)c(Cl)c3)ncnc2cc1O[C@@H]1CO[C@H]2C(S(C)(=O)=O)CO[C@@H]12. The van der Waals surface area contributed by atoms with Crippen LogP contribution in [0.4, 0.5) is 11.5 Å². The molecule has 12 heteroatoms. The number of aromatic nitrogens is 2. The lowest BCUT2D eigenvalue weighted by Gasteiger charge is -2.20. The molecule has 2 aliphatic rings. The Balaban J connectivity index is 1.43. The van der Waals surface area contributed by atoms with Crippen LogP contribution in [0.2, 0.25) is 5.02 Å². The number of hydrogen-bond acceptors (Lipinski definition) is 9. The van der Waals surface area contributed by atoms with Crippen molar-refractivity contribution < 1.29 is 27.4 Å². The van der Waals surface area contributed by atoms with Gasteiger partial charge in [-0.15, -0.1) is 0 Å². The highest BCUT2D eigenvalue weighted by molar-refractivity contribution is 9.10. The molecule has 0 radical (unpaired) electrons. The minimum absolute atomic E-state index is 0.0885. The van der Waals surface area contributed by atoms with Crippen molar-refractivity contribution in [3.8, 4) is 11.5 Å². The van der Waals surface area contributed by atoms with Gasteiger partial charge in [0, 0.05) is 27.9 Å². The van der Waals surface area contributed by atoms with Crippen molar-refractivity contribution in [3.63, 3.8) is 0 Å². The second kappa shape index (κ2) is 9.12. The maximum absolute atomic E-state index is 12.0. The van der Waals surface area contributed by atoms with E-state index in [0.717, 1.165) is 15.5 Å². The van der Waals surface area contributed by atoms with Gasteiger partial charge in [-0.1, -0.05) is 11.6 Å². The molecule has 2 aromatic carbocycles. The standard InChI is InChI=1S/C22H21BrClN3O6S/c1-30-16-6-12-15(25-10-26-22(12)27-11-3-4-13(23)14(24)5-11)7-17(16)33-18-8-31-21-19(34(2,28)29)9-32-20(18)21/h3-7,10,18-21H,8-9H2,1-2H3,(H,25,26,27)/t18-,19?,20+,21+/m1/s1. The molecule has 5 rings (SSSR count). The summed E-state index contributed by atoms with van der Waals surface area (Å²) in [6, 6.07) is 9.05.